The van der Waals surface area contributed by atoms with Gasteiger partial charge in [0.1, 0.15) is 11.5 Å². The Labute approximate surface area is 101 Å². The van der Waals surface area contributed by atoms with E-state index < -0.39 is 17.6 Å². The number of hydroxylamine groups is 2. The fourth-order valence-electron chi connectivity index (χ4n) is 1.91. The summed E-state index contributed by atoms with van der Waals surface area (Å²) in [6.07, 6.45) is 2.46. The van der Waals surface area contributed by atoms with Gasteiger partial charge in [-0.25, -0.2) is 9.59 Å². The molecule has 1 aliphatic heterocycles. The summed E-state index contributed by atoms with van der Waals surface area (Å²) in [5.74, 6) is 0.319. The third-order valence-corrected chi connectivity index (χ3v) is 2.52. The van der Waals surface area contributed by atoms with Gasteiger partial charge < -0.3 is 5.11 Å². The molecule has 0 radical (unpaired) electrons. The Morgan fingerprint density at radius 3 is 2.53 bits per heavy atom. The molecule has 0 bridgehead atoms. The van der Waals surface area contributed by atoms with Gasteiger partial charge in [0.25, 0.3) is 0 Å². The van der Waals surface area contributed by atoms with Gasteiger partial charge in [0.2, 0.25) is 0 Å². The molecule has 0 amide bonds. The normalized spacial score (nSPS) is 21.9. The second-order valence-electron chi connectivity index (χ2n) is 5.18. The van der Waals surface area contributed by atoms with Gasteiger partial charge in [0, 0.05) is 6.54 Å². The van der Waals surface area contributed by atoms with Gasteiger partial charge in [0.15, 0.2) is 0 Å². The summed E-state index contributed by atoms with van der Waals surface area (Å²) in [7, 11) is 0. The van der Waals surface area contributed by atoms with Gasteiger partial charge in [-0.3, -0.25) is 4.84 Å². The molecule has 1 rings (SSSR count). The quantitative estimate of drug-likeness (QED) is 0.598. The van der Waals surface area contributed by atoms with Crippen molar-refractivity contribution in [1.82, 2.24) is 5.06 Å². The first kappa shape index (κ1) is 13.9. The lowest BCUT2D eigenvalue weighted by Gasteiger charge is -2.38. The molecule has 0 saturated carbocycles. The minimum absolute atomic E-state index is 0.242. The summed E-state index contributed by atoms with van der Waals surface area (Å²) in [5, 5.41) is 10.6. The Bertz CT molecular complexity index is 339. The molecule has 5 heteroatoms. The Morgan fingerprint density at radius 2 is 2.06 bits per heavy atom. The number of carboxylic acid groups (broad SMARTS) is 1. The van der Waals surface area contributed by atoms with Gasteiger partial charge in [-0.05, 0) is 33.6 Å². The zero-order chi connectivity index (χ0) is 13.1. The summed E-state index contributed by atoms with van der Waals surface area (Å²) >= 11 is 0. The van der Waals surface area contributed by atoms with Gasteiger partial charge in [-0.2, -0.15) is 5.06 Å². The van der Waals surface area contributed by atoms with E-state index in [4.69, 9.17) is 9.94 Å². The molecule has 0 spiro atoms. The second kappa shape index (κ2) is 5.45. The number of rotatable bonds is 3. The predicted octanol–water partition coefficient (Wildman–Crippen LogP) is 1.41. The van der Waals surface area contributed by atoms with Crippen molar-refractivity contribution in [3.05, 3.63) is 5.57 Å². The van der Waals surface area contributed by atoms with E-state index in [2.05, 4.69) is 0 Å². The molecule has 1 fully saturated rings. The Morgan fingerprint density at radius 1 is 1.41 bits per heavy atom. The SMILES string of the molecule is CC(C)(C)ON1CCCCC1C(=C=O)C(=O)O. The van der Waals surface area contributed by atoms with Crippen molar-refractivity contribution in [3.63, 3.8) is 0 Å². The second-order valence-corrected chi connectivity index (χ2v) is 5.18. The lowest BCUT2D eigenvalue weighted by Crippen LogP contribution is -2.46. The third kappa shape index (κ3) is 3.97. The Balaban J connectivity index is 2.86. The van der Waals surface area contributed by atoms with E-state index in [9.17, 15) is 9.59 Å². The van der Waals surface area contributed by atoms with E-state index >= 15 is 0 Å². The van der Waals surface area contributed by atoms with Crippen LogP contribution in [0.2, 0.25) is 0 Å². The van der Waals surface area contributed by atoms with Crippen LogP contribution in [0.15, 0.2) is 5.57 Å². The van der Waals surface area contributed by atoms with Crippen LogP contribution >= 0.6 is 0 Å². The highest BCUT2D eigenvalue weighted by Gasteiger charge is 2.33. The number of nitrogens with zero attached hydrogens (tertiary/aromatic N) is 1. The first-order valence-electron chi connectivity index (χ1n) is 5.79. The highest BCUT2D eigenvalue weighted by molar-refractivity contribution is 5.96. The Kier molecular flexibility index (Phi) is 4.46. The molecular weight excluding hydrogens is 222 g/mol. The maximum atomic E-state index is 11.0. The van der Waals surface area contributed by atoms with E-state index in [0.29, 0.717) is 13.0 Å². The van der Waals surface area contributed by atoms with Crippen LogP contribution in [0, 0.1) is 0 Å². The minimum atomic E-state index is -1.21. The summed E-state index contributed by atoms with van der Waals surface area (Å²) < 4.78 is 0. The largest absolute Gasteiger partial charge is 0.477 e. The summed E-state index contributed by atoms with van der Waals surface area (Å²) in [6, 6.07) is -0.488. The smallest absolute Gasteiger partial charge is 0.344 e. The van der Waals surface area contributed by atoms with E-state index in [-0.39, 0.29) is 5.57 Å². The van der Waals surface area contributed by atoms with Gasteiger partial charge in [-0.1, -0.05) is 6.42 Å². The van der Waals surface area contributed by atoms with Gasteiger partial charge >= 0.3 is 5.97 Å². The zero-order valence-corrected chi connectivity index (χ0v) is 10.5. The average molecular weight is 241 g/mol. The van der Waals surface area contributed by atoms with E-state index in [1.807, 2.05) is 20.8 Å². The van der Waals surface area contributed by atoms with Crippen LogP contribution in [0.25, 0.3) is 0 Å². The number of carbonyl (C=O) groups excluding carboxylic acids is 1. The molecule has 1 atom stereocenters. The van der Waals surface area contributed by atoms with E-state index in [1.54, 1.807) is 5.06 Å². The molecular formula is C12H19NO4. The van der Waals surface area contributed by atoms with Crippen LogP contribution < -0.4 is 0 Å². The standard InChI is InChI=1S/C12H19NO4/c1-12(2,3)17-13-7-5-4-6-10(13)9(8-14)11(15)16/h10H,4-7H2,1-3H3,(H,15,16). The van der Waals surface area contributed by atoms with Crippen molar-refractivity contribution in [1.29, 1.82) is 0 Å². The zero-order valence-electron chi connectivity index (χ0n) is 10.5. The van der Waals surface area contributed by atoms with Crippen LogP contribution in [-0.2, 0) is 14.4 Å². The van der Waals surface area contributed by atoms with Crippen molar-refractivity contribution < 1.29 is 19.5 Å². The molecule has 0 aromatic rings. The van der Waals surface area contributed by atoms with Crippen LogP contribution in [0.3, 0.4) is 0 Å². The van der Waals surface area contributed by atoms with Crippen molar-refractivity contribution in [2.75, 3.05) is 6.54 Å². The number of aliphatic carboxylic acids is 1. The van der Waals surface area contributed by atoms with Crippen molar-refractivity contribution in [2.45, 2.75) is 51.7 Å². The molecule has 1 heterocycles. The van der Waals surface area contributed by atoms with Crippen LogP contribution in [-0.4, -0.2) is 40.3 Å². The highest BCUT2D eigenvalue weighted by atomic mass is 16.7. The molecule has 96 valence electrons. The topological polar surface area (TPSA) is 66.8 Å². The number of carboxylic acids is 1. The fourth-order valence-corrected chi connectivity index (χ4v) is 1.91. The molecule has 0 aliphatic carbocycles. The molecule has 1 saturated heterocycles. The maximum absolute atomic E-state index is 11.0. The first-order chi connectivity index (χ1) is 7.85. The van der Waals surface area contributed by atoms with Gasteiger partial charge in [0.05, 0.1) is 11.6 Å². The maximum Gasteiger partial charge on any atom is 0.344 e. The summed E-state index contributed by atoms with van der Waals surface area (Å²) in [5.41, 5.74) is -0.642. The lowest BCUT2D eigenvalue weighted by atomic mass is 9.98. The molecule has 1 aliphatic rings. The van der Waals surface area contributed by atoms with Crippen molar-refractivity contribution in [2.24, 2.45) is 0 Å². The predicted molar refractivity (Wildman–Crippen MR) is 62.0 cm³/mol. The Hall–Kier alpha value is -1.16. The van der Waals surface area contributed by atoms with E-state index in [0.717, 1.165) is 12.8 Å². The molecule has 5 nitrogen and oxygen atoms in total. The van der Waals surface area contributed by atoms with Crippen LogP contribution in [0.4, 0.5) is 0 Å². The van der Waals surface area contributed by atoms with E-state index in [1.165, 1.54) is 5.94 Å². The number of carbonyl (C=O) groups is 1. The third-order valence-electron chi connectivity index (χ3n) is 2.52. The molecule has 17 heavy (non-hydrogen) atoms. The summed E-state index contributed by atoms with van der Waals surface area (Å²) in [4.78, 5) is 27.4. The molecule has 0 aromatic heterocycles. The fraction of sp³-hybridized carbons (Fsp3) is 0.750. The van der Waals surface area contributed by atoms with Gasteiger partial charge in [-0.15, -0.1) is 0 Å². The molecule has 1 N–H and O–H groups in total. The number of hydrogen-bond donors (Lipinski definition) is 1. The number of piperidine rings is 1. The average Bonchev–Trinajstić information content (AvgIpc) is 2.18. The number of hydrogen-bond acceptors (Lipinski definition) is 4. The van der Waals surface area contributed by atoms with Crippen LogP contribution in [0.1, 0.15) is 40.0 Å². The van der Waals surface area contributed by atoms with Crippen LogP contribution in [0.5, 0.6) is 0 Å². The summed E-state index contributed by atoms with van der Waals surface area (Å²) in [6.45, 7) is 6.32. The van der Waals surface area contributed by atoms with Crippen molar-refractivity contribution >= 4 is 11.9 Å². The molecule has 1 unspecified atom stereocenters. The van der Waals surface area contributed by atoms with Crippen molar-refractivity contribution in [3.8, 4) is 0 Å². The lowest BCUT2D eigenvalue weighted by molar-refractivity contribution is -0.251. The highest BCUT2D eigenvalue weighted by Crippen LogP contribution is 2.25. The molecule has 0 aromatic carbocycles. The monoisotopic (exact) mass is 241 g/mol. The first-order valence-corrected chi connectivity index (χ1v) is 5.79. The minimum Gasteiger partial charge on any atom is -0.477 e.